The lowest BCUT2D eigenvalue weighted by atomic mass is 9.80. The fourth-order valence-electron chi connectivity index (χ4n) is 5.95. The van der Waals surface area contributed by atoms with E-state index in [1.165, 1.54) is 18.2 Å². The van der Waals surface area contributed by atoms with E-state index in [0.29, 0.717) is 23.4 Å². The normalized spacial score (nSPS) is 17.2. The lowest BCUT2D eigenvalue weighted by molar-refractivity contribution is -0.384. The molecule has 242 valence electrons. The predicted molar refractivity (Wildman–Crippen MR) is 171 cm³/mol. The van der Waals surface area contributed by atoms with Crippen molar-refractivity contribution < 1.29 is 29.1 Å². The maximum Gasteiger partial charge on any atom is 0.336 e. The number of carbonyl (C=O) groups excluding carboxylic acids is 1. The van der Waals surface area contributed by atoms with Crippen LogP contribution in [0, 0.1) is 10.1 Å². The Morgan fingerprint density at radius 3 is 2.42 bits per heavy atom. The number of nitro groups is 1. The number of non-ortho nitro benzene ring substituents is 1. The van der Waals surface area contributed by atoms with Crippen molar-refractivity contribution in [2.75, 3.05) is 64.4 Å². The smallest absolute Gasteiger partial charge is 0.336 e. The van der Waals surface area contributed by atoms with E-state index >= 15 is 0 Å². The lowest BCUT2D eigenvalue weighted by Gasteiger charge is -2.36. The number of para-hydroxylation sites is 2. The Bertz CT molecular complexity index is 1430. The first-order chi connectivity index (χ1) is 21.7. The molecule has 2 aromatic rings. The number of nitrogens with one attached hydrogen (secondary N) is 2. The second-order valence-electron chi connectivity index (χ2n) is 11.2. The molecule has 1 unspecified atom stereocenters. The Labute approximate surface area is 263 Å². The largest absolute Gasteiger partial charge is 0.495 e. The molecule has 0 amide bonds. The van der Waals surface area contributed by atoms with Crippen LogP contribution in [0.3, 0.4) is 0 Å². The second-order valence-corrected chi connectivity index (χ2v) is 11.2. The summed E-state index contributed by atoms with van der Waals surface area (Å²) in [5, 5.41) is 27.8. The zero-order chi connectivity index (χ0) is 32.3. The third-order valence-corrected chi connectivity index (χ3v) is 8.23. The number of esters is 1. The highest BCUT2D eigenvalue weighted by molar-refractivity contribution is 5.99. The molecule has 1 fully saturated rings. The standard InChI is InChI=1S/C33H43N5O7/c1-23-29(32(39)40)31(25-10-8-11-26(22-25)38(42)43)30(24(2)35-23)33(41)45-21-7-6-14-34-15-9-16-36-17-19-37(20-18-36)27-12-4-5-13-28(27)44-3/h4-5,8,10-13,22,31,34-35H,6-7,9,14-21H2,1-3H3,(H,39,40). The average molecular weight is 622 g/mol. The lowest BCUT2D eigenvalue weighted by Crippen LogP contribution is -2.47. The van der Waals surface area contributed by atoms with Crippen LogP contribution in [0.1, 0.15) is 44.6 Å². The number of allylic oxidation sites excluding steroid dienone is 2. The Balaban J connectivity index is 1.18. The van der Waals surface area contributed by atoms with Gasteiger partial charge < -0.3 is 30.1 Å². The number of hydrogen-bond donors (Lipinski definition) is 3. The number of carboxylic acids is 1. The first-order valence-corrected chi connectivity index (χ1v) is 15.4. The minimum absolute atomic E-state index is 0.0458. The van der Waals surface area contributed by atoms with Crippen molar-refractivity contribution in [2.45, 2.75) is 39.0 Å². The van der Waals surface area contributed by atoms with Crippen molar-refractivity contribution >= 4 is 23.3 Å². The molecular weight excluding hydrogens is 578 g/mol. The summed E-state index contributed by atoms with van der Waals surface area (Å²) in [6, 6.07) is 13.8. The summed E-state index contributed by atoms with van der Waals surface area (Å²) < 4.78 is 11.1. The molecule has 0 radical (unpaired) electrons. The van der Waals surface area contributed by atoms with Gasteiger partial charge in [-0.05, 0) is 70.4 Å². The van der Waals surface area contributed by atoms with E-state index < -0.39 is 22.8 Å². The summed E-state index contributed by atoms with van der Waals surface area (Å²) in [6.07, 6.45) is 2.50. The molecule has 1 saturated heterocycles. The van der Waals surface area contributed by atoms with Gasteiger partial charge in [-0.3, -0.25) is 15.0 Å². The van der Waals surface area contributed by atoms with Gasteiger partial charge in [0.1, 0.15) is 5.75 Å². The molecule has 3 N–H and O–H groups in total. The third kappa shape index (κ3) is 8.61. The maximum atomic E-state index is 13.2. The average Bonchev–Trinajstić information content (AvgIpc) is 3.03. The zero-order valence-electron chi connectivity index (χ0n) is 26.2. The number of carbonyl (C=O) groups is 2. The molecule has 4 rings (SSSR count). The van der Waals surface area contributed by atoms with E-state index in [0.717, 1.165) is 70.1 Å². The number of ether oxygens (including phenoxy) is 2. The van der Waals surface area contributed by atoms with Crippen LogP contribution in [0.5, 0.6) is 5.75 Å². The highest BCUT2D eigenvalue weighted by Crippen LogP contribution is 2.39. The zero-order valence-corrected chi connectivity index (χ0v) is 26.2. The monoisotopic (exact) mass is 621 g/mol. The number of hydrogen-bond acceptors (Lipinski definition) is 10. The van der Waals surface area contributed by atoms with Gasteiger partial charge in [0, 0.05) is 49.7 Å². The van der Waals surface area contributed by atoms with Crippen molar-refractivity contribution in [2.24, 2.45) is 0 Å². The number of piperazine rings is 1. The number of rotatable bonds is 15. The quantitative estimate of drug-likeness (QED) is 0.115. The molecule has 12 heteroatoms. The van der Waals surface area contributed by atoms with E-state index in [2.05, 4.69) is 26.5 Å². The first kappa shape index (κ1) is 33.5. The van der Waals surface area contributed by atoms with Gasteiger partial charge in [-0.15, -0.1) is 0 Å². The van der Waals surface area contributed by atoms with Crippen LogP contribution in [0.15, 0.2) is 71.1 Å². The van der Waals surface area contributed by atoms with Gasteiger partial charge in [-0.25, -0.2) is 9.59 Å². The molecule has 12 nitrogen and oxygen atoms in total. The van der Waals surface area contributed by atoms with Crippen LogP contribution >= 0.6 is 0 Å². The summed E-state index contributed by atoms with van der Waals surface area (Å²) in [7, 11) is 1.71. The molecule has 0 spiro atoms. The number of dihydropyridines is 1. The van der Waals surface area contributed by atoms with Crippen molar-refractivity contribution in [1.82, 2.24) is 15.5 Å². The molecule has 2 aromatic carbocycles. The predicted octanol–water partition coefficient (Wildman–Crippen LogP) is 4.05. The molecule has 2 aliphatic heterocycles. The van der Waals surface area contributed by atoms with Gasteiger partial charge in [-0.1, -0.05) is 24.3 Å². The molecule has 2 heterocycles. The Morgan fingerprint density at radius 2 is 1.71 bits per heavy atom. The summed E-state index contributed by atoms with van der Waals surface area (Å²) in [6.45, 7) is 10.2. The van der Waals surface area contributed by atoms with Crippen molar-refractivity contribution in [1.29, 1.82) is 0 Å². The van der Waals surface area contributed by atoms with Crippen LogP contribution in [0.2, 0.25) is 0 Å². The number of nitrogens with zero attached hydrogens (tertiary/aromatic N) is 3. The number of nitro benzene ring substituents is 1. The third-order valence-electron chi connectivity index (χ3n) is 8.23. The molecule has 1 atom stereocenters. The Kier molecular flexibility index (Phi) is 11.9. The Hall–Kier alpha value is -4.42. The molecular formula is C33H43N5O7. The molecule has 45 heavy (non-hydrogen) atoms. The minimum Gasteiger partial charge on any atom is -0.495 e. The van der Waals surface area contributed by atoms with Crippen LogP contribution in [-0.4, -0.2) is 86.4 Å². The fraction of sp³-hybridized carbons (Fsp3) is 0.455. The molecule has 0 aliphatic carbocycles. The molecule has 0 aromatic heterocycles. The number of methoxy groups -OCH3 is 1. The van der Waals surface area contributed by atoms with Gasteiger partial charge in [0.25, 0.3) is 5.69 Å². The molecule has 2 aliphatic rings. The molecule has 0 bridgehead atoms. The fourth-order valence-corrected chi connectivity index (χ4v) is 5.95. The molecule has 0 saturated carbocycles. The number of benzene rings is 2. The summed E-state index contributed by atoms with van der Waals surface area (Å²) in [5.74, 6) is -1.94. The van der Waals surface area contributed by atoms with Crippen LogP contribution in [0.4, 0.5) is 11.4 Å². The van der Waals surface area contributed by atoms with Crippen LogP contribution < -0.4 is 20.3 Å². The van der Waals surface area contributed by atoms with Crippen molar-refractivity contribution in [3.63, 3.8) is 0 Å². The van der Waals surface area contributed by atoms with E-state index in [9.17, 15) is 24.8 Å². The van der Waals surface area contributed by atoms with E-state index in [4.69, 9.17) is 9.47 Å². The number of carboxylic acid groups (broad SMARTS) is 1. The van der Waals surface area contributed by atoms with Crippen LogP contribution in [-0.2, 0) is 14.3 Å². The number of unbranched alkanes of at least 4 members (excludes halogenated alkanes) is 1. The summed E-state index contributed by atoms with van der Waals surface area (Å²) in [4.78, 5) is 41.1. The maximum absolute atomic E-state index is 13.2. The summed E-state index contributed by atoms with van der Waals surface area (Å²) >= 11 is 0. The van der Waals surface area contributed by atoms with Crippen molar-refractivity contribution in [3.05, 3.63) is 86.7 Å². The van der Waals surface area contributed by atoms with E-state index in [-0.39, 0.29) is 23.4 Å². The number of aliphatic carboxylic acids is 1. The van der Waals surface area contributed by atoms with Crippen LogP contribution in [0.25, 0.3) is 0 Å². The highest BCUT2D eigenvalue weighted by atomic mass is 16.6. The minimum atomic E-state index is -1.21. The van der Waals surface area contributed by atoms with Gasteiger partial charge in [0.15, 0.2) is 0 Å². The Morgan fingerprint density at radius 1 is 1.00 bits per heavy atom. The van der Waals surface area contributed by atoms with Crippen molar-refractivity contribution in [3.8, 4) is 5.75 Å². The topological polar surface area (TPSA) is 147 Å². The summed E-state index contributed by atoms with van der Waals surface area (Å²) in [5.41, 5.74) is 2.23. The second kappa shape index (κ2) is 16.1. The number of anilines is 1. The van der Waals surface area contributed by atoms with Gasteiger partial charge in [-0.2, -0.15) is 0 Å². The van der Waals surface area contributed by atoms with Gasteiger partial charge in [0.05, 0.1) is 41.4 Å². The first-order valence-electron chi connectivity index (χ1n) is 15.4. The van der Waals surface area contributed by atoms with E-state index in [1.807, 2.05) is 18.2 Å². The van der Waals surface area contributed by atoms with Gasteiger partial charge >= 0.3 is 11.9 Å². The highest BCUT2D eigenvalue weighted by Gasteiger charge is 2.37. The SMILES string of the molecule is COc1ccccc1N1CCN(CCCNCCCCOC(=O)C2=C(C)NC(C)=C(C(=O)O)C2c2cccc([N+](=O)[O-])c2)CC1. The van der Waals surface area contributed by atoms with E-state index in [1.54, 1.807) is 27.0 Å². The van der Waals surface area contributed by atoms with Gasteiger partial charge in [0.2, 0.25) is 0 Å².